The van der Waals surface area contributed by atoms with Crippen molar-refractivity contribution in [2.24, 2.45) is 5.92 Å². The minimum atomic E-state index is -0.425. The predicted molar refractivity (Wildman–Crippen MR) is 93.0 cm³/mol. The zero-order valence-corrected chi connectivity index (χ0v) is 15.0. The Morgan fingerprint density at radius 1 is 1.40 bits per heavy atom. The Kier molecular flexibility index (Phi) is 6.34. The van der Waals surface area contributed by atoms with E-state index in [4.69, 9.17) is 4.74 Å². The number of esters is 1. The lowest BCUT2D eigenvalue weighted by Gasteiger charge is -2.33. The van der Waals surface area contributed by atoms with Crippen molar-refractivity contribution in [3.05, 3.63) is 22.9 Å². The van der Waals surface area contributed by atoms with Gasteiger partial charge in [-0.25, -0.2) is 4.98 Å². The highest BCUT2D eigenvalue weighted by Gasteiger charge is 2.27. The van der Waals surface area contributed by atoms with E-state index in [1.54, 1.807) is 6.92 Å². The Labute approximate surface area is 148 Å². The van der Waals surface area contributed by atoms with Gasteiger partial charge in [-0.05, 0) is 45.2 Å². The molecule has 1 aromatic rings. The van der Waals surface area contributed by atoms with Crippen LogP contribution in [0.25, 0.3) is 0 Å². The monoisotopic (exact) mass is 344 g/mol. The van der Waals surface area contributed by atoms with Gasteiger partial charge < -0.3 is 15.0 Å². The van der Waals surface area contributed by atoms with Crippen molar-refractivity contribution in [3.8, 4) is 6.07 Å². The van der Waals surface area contributed by atoms with Crippen LogP contribution < -0.4 is 10.2 Å². The molecule has 7 nitrogen and oxygen atoms in total. The number of piperidine rings is 1. The molecule has 25 heavy (non-hydrogen) atoms. The van der Waals surface area contributed by atoms with E-state index in [9.17, 15) is 14.9 Å². The molecule has 0 radical (unpaired) electrons. The number of pyridine rings is 1. The molecule has 1 fully saturated rings. The Hall–Kier alpha value is -2.62. The Morgan fingerprint density at radius 3 is 2.68 bits per heavy atom. The number of amides is 1. The van der Waals surface area contributed by atoms with Crippen LogP contribution in [0.3, 0.4) is 0 Å². The smallest absolute Gasteiger partial charge is 0.325 e. The SMILES string of the molecule is CCOC(=O)CNC(=O)C1CCN(c2nc(C)cc(C)c2C#N)CC1. The molecule has 1 aliphatic rings. The molecule has 134 valence electrons. The van der Waals surface area contributed by atoms with Crippen LogP contribution in [0.2, 0.25) is 0 Å². The third-order valence-corrected chi connectivity index (χ3v) is 4.31. The van der Waals surface area contributed by atoms with E-state index >= 15 is 0 Å². The van der Waals surface area contributed by atoms with Gasteiger partial charge in [0.05, 0.1) is 12.2 Å². The number of hydrogen-bond donors (Lipinski definition) is 1. The average Bonchev–Trinajstić information content (AvgIpc) is 2.59. The molecule has 1 aliphatic heterocycles. The molecular formula is C18H24N4O3. The van der Waals surface area contributed by atoms with E-state index in [0.29, 0.717) is 43.9 Å². The molecule has 7 heteroatoms. The Balaban J connectivity index is 1.95. The number of nitrogens with one attached hydrogen (secondary N) is 1. The topological polar surface area (TPSA) is 95.3 Å². The molecular weight excluding hydrogens is 320 g/mol. The minimum Gasteiger partial charge on any atom is -0.465 e. The van der Waals surface area contributed by atoms with Crippen LogP contribution in [0.1, 0.15) is 36.6 Å². The molecule has 0 bridgehead atoms. The van der Waals surface area contributed by atoms with Crippen molar-refractivity contribution in [1.29, 1.82) is 5.26 Å². The number of nitriles is 1. The van der Waals surface area contributed by atoms with E-state index in [1.807, 2.05) is 19.9 Å². The molecule has 0 spiro atoms. The largest absolute Gasteiger partial charge is 0.465 e. The molecule has 1 amide bonds. The molecule has 0 aromatic carbocycles. The fourth-order valence-electron chi connectivity index (χ4n) is 3.05. The Bertz CT molecular complexity index is 688. The van der Waals surface area contributed by atoms with Gasteiger partial charge >= 0.3 is 5.97 Å². The minimum absolute atomic E-state index is 0.0932. The number of aryl methyl sites for hydroxylation is 2. The van der Waals surface area contributed by atoms with E-state index in [1.165, 1.54) is 0 Å². The Morgan fingerprint density at radius 2 is 2.08 bits per heavy atom. The molecule has 1 N–H and O–H groups in total. The fourth-order valence-corrected chi connectivity index (χ4v) is 3.05. The maximum Gasteiger partial charge on any atom is 0.325 e. The first-order valence-electron chi connectivity index (χ1n) is 8.52. The van der Waals surface area contributed by atoms with Gasteiger partial charge in [-0.3, -0.25) is 9.59 Å². The van der Waals surface area contributed by atoms with Crippen LogP contribution >= 0.6 is 0 Å². The maximum absolute atomic E-state index is 12.2. The number of aromatic nitrogens is 1. The van der Waals surface area contributed by atoms with Gasteiger partial charge in [-0.2, -0.15) is 5.26 Å². The zero-order chi connectivity index (χ0) is 18.4. The van der Waals surface area contributed by atoms with E-state index < -0.39 is 5.97 Å². The van der Waals surface area contributed by atoms with Crippen molar-refractivity contribution in [2.45, 2.75) is 33.6 Å². The van der Waals surface area contributed by atoms with Gasteiger partial charge in [0.25, 0.3) is 0 Å². The molecule has 1 aromatic heterocycles. The van der Waals surface area contributed by atoms with Crippen molar-refractivity contribution in [2.75, 3.05) is 31.1 Å². The van der Waals surface area contributed by atoms with Gasteiger partial charge in [0.15, 0.2) is 0 Å². The van der Waals surface area contributed by atoms with E-state index in [0.717, 1.165) is 11.3 Å². The second-order valence-corrected chi connectivity index (χ2v) is 6.18. The summed E-state index contributed by atoms with van der Waals surface area (Å²) in [6.45, 7) is 7.07. The summed E-state index contributed by atoms with van der Waals surface area (Å²) in [6, 6.07) is 4.13. The van der Waals surface area contributed by atoms with Crippen molar-refractivity contribution < 1.29 is 14.3 Å². The van der Waals surface area contributed by atoms with Gasteiger partial charge in [-0.15, -0.1) is 0 Å². The van der Waals surface area contributed by atoms with Crippen LogP contribution in [0.5, 0.6) is 0 Å². The first-order valence-corrected chi connectivity index (χ1v) is 8.52. The second-order valence-electron chi connectivity index (χ2n) is 6.18. The molecule has 2 heterocycles. The lowest BCUT2D eigenvalue weighted by molar-refractivity contribution is -0.143. The quantitative estimate of drug-likeness (QED) is 0.813. The first kappa shape index (κ1) is 18.7. The van der Waals surface area contributed by atoms with E-state index in [2.05, 4.69) is 21.3 Å². The third kappa shape index (κ3) is 4.69. The van der Waals surface area contributed by atoms with Crippen LogP contribution in [-0.2, 0) is 14.3 Å². The van der Waals surface area contributed by atoms with Gasteiger partial charge in [0.1, 0.15) is 18.4 Å². The van der Waals surface area contributed by atoms with Crippen molar-refractivity contribution >= 4 is 17.7 Å². The molecule has 1 saturated heterocycles. The summed E-state index contributed by atoms with van der Waals surface area (Å²) in [5.74, 6) is 0.0143. The number of nitrogens with zero attached hydrogens (tertiary/aromatic N) is 3. The number of ether oxygens (including phenoxy) is 1. The normalized spacial score (nSPS) is 14.7. The van der Waals surface area contributed by atoms with Gasteiger partial charge in [-0.1, -0.05) is 0 Å². The molecule has 0 aliphatic carbocycles. The number of hydrogen-bond acceptors (Lipinski definition) is 6. The summed E-state index contributed by atoms with van der Waals surface area (Å²) in [7, 11) is 0. The fraction of sp³-hybridized carbons (Fsp3) is 0.556. The standard InChI is InChI=1S/C18H24N4O3/c1-4-25-16(23)11-20-18(24)14-5-7-22(8-6-14)17-15(10-19)12(2)9-13(3)21-17/h9,14H,4-8,11H2,1-3H3,(H,20,24). The second kappa shape index (κ2) is 8.47. The van der Waals surface area contributed by atoms with Gasteiger partial charge in [0, 0.05) is 24.7 Å². The van der Waals surface area contributed by atoms with Crippen LogP contribution in [0.15, 0.2) is 6.07 Å². The summed E-state index contributed by atoms with van der Waals surface area (Å²) >= 11 is 0. The summed E-state index contributed by atoms with van der Waals surface area (Å²) < 4.78 is 4.80. The molecule has 0 atom stereocenters. The number of carbonyl (C=O) groups excluding carboxylic acids is 2. The molecule has 0 saturated carbocycles. The lowest BCUT2D eigenvalue weighted by atomic mass is 9.95. The van der Waals surface area contributed by atoms with Gasteiger partial charge in [0.2, 0.25) is 5.91 Å². The third-order valence-electron chi connectivity index (χ3n) is 4.31. The summed E-state index contributed by atoms with van der Waals surface area (Å²) in [5.41, 5.74) is 2.39. The zero-order valence-electron chi connectivity index (χ0n) is 15.0. The van der Waals surface area contributed by atoms with Crippen LogP contribution in [-0.4, -0.2) is 43.1 Å². The summed E-state index contributed by atoms with van der Waals surface area (Å²) in [4.78, 5) is 30.1. The van der Waals surface area contributed by atoms with Crippen molar-refractivity contribution in [3.63, 3.8) is 0 Å². The summed E-state index contributed by atoms with van der Waals surface area (Å²) in [5, 5.41) is 12.0. The highest BCUT2D eigenvalue weighted by Crippen LogP contribution is 2.26. The highest BCUT2D eigenvalue weighted by atomic mass is 16.5. The van der Waals surface area contributed by atoms with Crippen molar-refractivity contribution in [1.82, 2.24) is 10.3 Å². The molecule has 0 unspecified atom stereocenters. The first-order chi connectivity index (χ1) is 12.0. The van der Waals surface area contributed by atoms with Crippen LogP contribution in [0, 0.1) is 31.1 Å². The lowest BCUT2D eigenvalue weighted by Crippen LogP contribution is -2.42. The average molecular weight is 344 g/mol. The van der Waals surface area contributed by atoms with E-state index in [-0.39, 0.29) is 18.4 Å². The van der Waals surface area contributed by atoms with Crippen LogP contribution in [0.4, 0.5) is 5.82 Å². The highest BCUT2D eigenvalue weighted by molar-refractivity contribution is 5.83. The maximum atomic E-state index is 12.2. The number of anilines is 1. The number of carbonyl (C=O) groups is 2. The molecule has 2 rings (SSSR count). The predicted octanol–water partition coefficient (Wildman–Crippen LogP) is 1.47. The summed E-state index contributed by atoms with van der Waals surface area (Å²) in [6.07, 6.45) is 1.32. The number of rotatable bonds is 5.